The van der Waals surface area contributed by atoms with Gasteiger partial charge in [-0.25, -0.2) is 0 Å². The Bertz CT molecular complexity index is 1340. The number of aromatic nitrogens is 1. The maximum absolute atomic E-state index is 13.3. The van der Waals surface area contributed by atoms with Crippen LogP contribution in [0.25, 0.3) is 22.2 Å². The summed E-state index contributed by atoms with van der Waals surface area (Å²) in [7, 11) is 0. The van der Waals surface area contributed by atoms with Crippen molar-refractivity contribution < 1.29 is 18.9 Å². The number of carbonyl (C=O) groups is 2. The van der Waals surface area contributed by atoms with E-state index in [1.165, 1.54) is 0 Å². The number of fused-ring (bicyclic) bond motifs is 2. The highest BCUT2D eigenvalue weighted by Gasteiger charge is 2.32. The molecule has 0 saturated heterocycles. The predicted molar refractivity (Wildman–Crippen MR) is 113 cm³/mol. The molecule has 6 nitrogen and oxygen atoms in total. The van der Waals surface area contributed by atoms with E-state index in [0.717, 1.165) is 11.1 Å². The summed E-state index contributed by atoms with van der Waals surface area (Å²) < 4.78 is 5.55. The van der Waals surface area contributed by atoms with E-state index in [1.54, 1.807) is 37.3 Å². The van der Waals surface area contributed by atoms with Crippen LogP contribution in [-0.2, 0) is 4.79 Å². The number of nitrogens with zero attached hydrogens (tertiary/aromatic N) is 2. The van der Waals surface area contributed by atoms with E-state index in [1.807, 2.05) is 32.0 Å². The summed E-state index contributed by atoms with van der Waals surface area (Å²) in [6.45, 7) is 5.72. The van der Waals surface area contributed by atoms with Crippen molar-refractivity contribution in [1.82, 2.24) is 5.16 Å². The summed E-state index contributed by atoms with van der Waals surface area (Å²) in [5.41, 5.74) is 4.18. The Labute approximate surface area is 172 Å². The summed E-state index contributed by atoms with van der Waals surface area (Å²) >= 11 is 0. The second kappa shape index (κ2) is 6.62. The third-order valence-electron chi connectivity index (χ3n) is 5.44. The Morgan fingerprint density at radius 2 is 1.80 bits per heavy atom. The minimum absolute atomic E-state index is 0.0324. The average Bonchev–Trinajstić information content (AvgIpc) is 3.17. The van der Waals surface area contributed by atoms with Crippen LogP contribution in [0, 0.1) is 5.92 Å². The number of benzene rings is 2. The third-order valence-corrected chi connectivity index (χ3v) is 5.44. The first-order chi connectivity index (χ1) is 14.5. The molecule has 2 aliphatic rings. The molecule has 0 saturated carbocycles. The van der Waals surface area contributed by atoms with Crippen molar-refractivity contribution in [2.75, 3.05) is 0 Å². The van der Waals surface area contributed by atoms with E-state index in [0.29, 0.717) is 44.8 Å². The van der Waals surface area contributed by atoms with Crippen LogP contribution in [-0.4, -0.2) is 22.4 Å². The highest BCUT2D eigenvalue weighted by Crippen LogP contribution is 2.43. The second-order valence-corrected chi connectivity index (χ2v) is 7.73. The van der Waals surface area contributed by atoms with Crippen molar-refractivity contribution >= 4 is 28.2 Å². The lowest BCUT2D eigenvalue weighted by atomic mass is 9.87. The molecule has 0 amide bonds. The van der Waals surface area contributed by atoms with Crippen molar-refractivity contribution in [3.05, 3.63) is 70.8 Å². The minimum Gasteiger partial charge on any atom is -0.356 e. The molecule has 5 rings (SSSR count). The van der Waals surface area contributed by atoms with Crippen molar-refractivity contribution in [3.8, 4) is 17.1 Å². The summed E-state index contributed by atoms with van der Waals surface area (Å²) in [4.78, 5) is 31.1. The summed E-state index contributed by atoms with van der Waals surface area (Å²) in [6, 6.07) is 10.7. The van der Waals surface area contributed by atoms with Gasteiger partial charge in [0.25, 0.3) is 0 Å². The number of oxime groups is 1. The van der Waals surface area contributed by atoms with Gasteiger partial charge in [-0.3, -0.25) is 9.59 Å². The van der Waals surface area contributed by atoms with Gasteiger partial charge < -0.3 is 9.36 Å². The molecule has 0 bridgehead atoms. The number of ketones is 2. The maximum Gasteiger partial charge on any atom is 0.198 e. The van der Waals surface area contributed by atoms with Crippen LogP contribution in [0.1, 0.15) is 36.7 Å². The Morgan fingerprint density at radius 3 is 2.57 bits per heavy atom. The van der Waals surface area contributed by atoms with Crippen LogP contribution in [0.15, 0.2) is 69.4 Å². The van der Waals surface area contributed by atoms with Crippen molar-refractivity contribution in [2.24, 2.45) is 11.1 Å². The zero-order chi connectivity index (χ0) is 21.0. The molecule has 0 radical (unpaired) electrons. The third kappa shape index (κ3) is 2.64. The molecule has 0 spiro atoms. The summed E-state index contributed by atoms with van der Waals surface area (Å²) in [6.07, 6.45) is 3.30. The van der Waals surface area contributed by atoms with Gasteiger partial charge in [0.1, 0.15) is 11.2 Å². The number of carbonyl (C=O) groups excluding carboxylic acids is 2. The van der Waals surface area contributed by atoms with Crippen LogP contribution < -0.4 is 4.84 Å². The Kier molecular flexibility index (Phi) is 4.03. The predicted octanol–water partition coefficient (Wildman–Crippen LogP) is 4.89. The normalized spacial score (nSPS) is 16.7. The highest BCUT2D eigenvalue weighted by atomic mass is 16.6. The van der Waals surface area contributed by atoms with Gasteiger partial charge in [-0.15, -0.1) is 0 Å². The van der Waals surface area contributed by atoms with E-state index >= 15 is 0 Å². The molecule has 1 heterocycles. The van der Waals surface area contributed by atoms with E-state index in [-0.39, 0.29) is 17.5 Å². The monoisotopic (exact) mass is 398 g/mol. The fourth-order valence-electron chi connectivity index (χ4n) is 3.85. The fraction of sp³-hybridized carbons (Fsp3) is 0.167. The molecule has 0 atom stereocenters. The van der Waals surface area contributed by atoms with E-state index in [4.69, 9.17) is 9.36 Å². The topological polar surface area (TPSA) is 81.8 Å². The van der Waals surface area contributed by atoms with E-state index in [2.05, 4.69) is 10.3 Å². The number of allylic oxidation sites excluding steroid dienone is 4. The molecule has 30 heavy (non-hydrogen) atoms. The molecule has 148 valence electrons. The van der Waals surface area contributed by atoms with Crippen molar-refractivity contribution in [1.29, 1.82) is 0 Å². The average molecular weight is 398 g/mol. The lowest BCUT2D eigenvalue weighted by Crippen LogP contribution is -2.17. The van der Waals surface area contributed by atoms with Gasteiger partial charge in [-0.1, -0.05) is 48.4 Å². The largest absolute Gasteiger partial charge is 0.356 e. The lowest BCUT2D eigenvalue weighted by Gasteiger charge is -2.17. The summed E-state index contributed by atoms with van der Waals surface area (Å²) in [5, 5.41) is 9.02. The van der Waals surface area contributed by atoms with Crippen LogP contribution in [0.5, 0.6) is 5.75 Å². The fourth-order valence-corrected chi connectivity index (χ4v) is 3.85. The molecular weight excluding hydrogens is 380 g/mol. The van der Waals surface area contributed by atoms with E-state index in [9.17, 15) is 9.59 Å². The van der Waals surface area contributed by atoms with Crippen molar-refractivity contribution in [2.45, 2.75) is 20.8 Å². The first-order valence-corrected chi connectivity index (χ1v) is 9.71. The van der Waals surface area contributed by atoms with Gasteiger partial charge in [0.15, 0.2) is 23.1 Å². The molecule has 0 aliphatic heterocycles. The van der Waals surface area contributed by atoms with Gasteiger partial charge in [-0.2, -0.15) is 0 Å². The molecule has 3 aromatic rings. The molecule has 0 unspecified atom stereocenters. The van der Waals surface area contributed by atoms with Crippen LogP contribution in [0.4, 0.5) is 0 Å². The zero-order valence-corrected chi connectivity index (χ0v) is 16.7. The first-order valence-electron chi connectivity index (χ1n) is 9.71. The van der Waals surface area contributed by atoms with Gasteiger partial charge in [0.05, 0.1) is 10.9 Å². The molecule has 0 N–H and O–H groups in total. The standard InChI is InChI=1S/C24H18N2O4/c1-12(2)16-11-19(27)13(3)10-18(16)26-29-20-9-8-17-21-22(20)23(28)14-6-4-5-7-15(14)24(21)30-25-17/h4-12H,1-3H3/b26-18-. The van der Waals surface area contributed by atoms with Gasteiger partial charge in [0.2, 0.25) is 0 Å². The Morgan fingerprint density at radius 1 is 1.03 bits per heavy atom. The molecule has 2 aromatic carbocycles. The van der Waals surface area contributed by atoms with Gasteiger partial charge >= 0.3 is 0 Å². The molecule has 6 heteroatoms. The maximum atomic E-state index is 13.3. The molecular formula is C24H18N2O4. The molecule has 0 fully saturated rings. The lowest BCUT2D eigenvalue weighted by molar-refractivity contribution is -0.111. The molecule has 2 aliphatic carbocycles. The SMILES string of the molecule is CC1=C/C(=N/Oc2ccc3noc4c3c2C(=O)c2ccccc2-4)C(C(C)C)=CC1=O. The quantitative estimate of drug-likeness (QED) is 0.363. The zero-order valence-electron chi connectivity index (χ0n) is 16.7. The van der Waals surface area contributed by atoms with Crippen LogP contribution in [0.3, 0.4) is 0 Å². The minimum atomic E-state index is -0.160. The number of hydrogen-bond acceptors (Lipinski definition) is 6. The number of rotatable bonds is 3. The second-order valence-electron chi connectivity index (χ2n) is 7.73. The van der Waals surface area contributed by atoms with Crippen LogP contribution >= 0.6 is 0 Å². The summed E-state index contributed by atoms with van der Waals surface area (Å²) in [5.74, 6) is 0.780. The van der Waals surface area contributed by atoms with E-state index < -0.39 is 0 Å². The number of hydrogen-bond donors (Lipinski definition) is 0. The van der Waals surface area contributed by atoms with Crippen LogP contribution in [0.2, 0.25) is 0 Å². The highest BCUT2D eigenvalue weighted by molar-refractivity contribution is 6.26. The smallest absolute Gasteiger partial charge is 0.198 e. The van der Waals surface area contributed by atoms with Gasteiger partial charge in [0, 0.05) is 11.1 Å². The molecule has 1 aromatic heterocycles. The van der Waals surface area contributed by atoms with Crippen molar-refractivity contribution in [3.63, 3.8) is 0 Å². The Balaban J connectivity index is 1.64. The van der Waals surface area contributed by atoms with Gasteiger partial charge in [-0.05, 0) is 48.3 Å². The Hall–Kier alpha value is -3.80. The first kappa shape index (κ1) is 18.2.